The first-order chi connectivity index (χ1) is 16.4. The van der Waals surface area contributed by atoms with Crippen LogP contribution >= 0.6 is 0 Å². The van der Waals surface area contributed by atoms with Gasteiger partial charge in [-0.15, -0.1) is 0 Å². The van der Waals surface area contributed by atoms with Gasteiger partial charge in [-0.25, -0.2) is 4.98 Å². The van der Waals surface area contributed by atoms with Gasteiger partial charge in [0.25, 0.3) is 0 Å². The molecule has 0 fully saturated rings. The topological polar surface area (TPSA) is 30.2 Å². The largest absolute Gasteiger partial charge is 0.299 e. The van der Waals surface area contributed by atoms with Crippen LogP contribution in [0.25, 0.3) is 60.6 Å². The molecule has 0 N–H and O–H groups in total. The number of fused-ring (bicyclic) bond motifs is 8. The first-order valence-corrected chi connectivity index (χ1v) is 11.1. The van der Waals surface area contributed by atoms with Gasteiger partial charge < -0.3 is 0 Å². The van der Waals surface area contributed by atoms with E-state index in [1.807, 2.05) is 24.4 Å². The van der Waals surface area contributed by atoms with Gasteiger partial charge in [0.2, 0.25) is 0 Å². The van der Waals surface area contributed by atoms with Gasteiger partial charge in [-0.1, -0.05) is 66.7 Å². The van der Waals surface area contributed by atoms with Crippen molar-refractivity contribution in [2.75, 3.05) is 0 Å². The molecule has 0 atom stereocenters. The molecule has 7 aromatic rings. The van der Waals surface area contributed by atoms with E-state index >= 15 is 0 Å². The first-order valence-electron chi connectivity index (χ1n) is 11.1. The molecule has 0 aliphatic carbocycles. The Kier molecular flexibility index (Phi) is 3.84. The fraction of sp³-hybridized carbons (Fsp3) is 0. The molecule has 0 bridgehead atoms. The molecule has 0 amide bonds. The standard InChI is InChI=1S/C30H19N3/c1-2-8-20(9-3-1)21-12-15-24-26(18-21)25-19-22(27-10-4-6-16-31-27)13-14-23(25)29-30(24)33-17-7-5-11-28(33)32-29/h1-19H. The summed E-state index contributed by atoms with van der Waals surface area (Å²) in [6.45, 7) is 0. The predicted molar refractivity (Wildman–Crippen MR) is 136 cm³/mol. The lowest BCUT2D eigenvalue weighted by molar-refractivity contribution is 1.23. The SMILES string of the molecule is c1ccc(-c2ccc3c(c2)c2cc(-c4ccccn4)ccc2c2nc4ccccn4c32)cc1. The van der Waals surface area contributed by atoms with Crippen molar-refractivity contribution in [3.05, 3.63) is 116 Å². The normalized spacial score (nSPS) is 11.6. The van der Waals surface area contributed by atoms with Crippen molar-refractivity contribution in [1.82, 2.24) is 14.4 Å². The van der Waals surface area contributed by atoms with Crippen LogP contribution in [0.1, 0.15) is 0 Å². The summed E-state index contributed by atoms with van der Waals surface area (Å²) in [5, 5.41) is 4.78. The van der Waals surface area contributed by atoms with E-state index in [2.05, 4.69) is 101 Å². The molecule has 0 saturated heterocycles. The van der Waals surface area contributed by atoms with E-state index in [1.54, 1.807) is 0 Å². The van der Waals surface area contributed by atoms with Crippen LogP contribution in [-0.2, 0) is 0 Å². The average molecular weight is 422 g/mol. The summed E-state index contributed by atoms with van der Waals surface area (Å²) in [5.74, 6) is 0. The second-order valence-electron chi connectivity index (χ2n) is 8.34. The zero-order valence-electron chi connectivity index (χ0n) is 17.8. The highest BCUT2D eigenvalue weighted by Crippen LogP contribution is 2.38. The molecule has 0 aliphatic rings. The number of hydrogen-bond donors (Lipinski definition) is 0. The smallest absolute Gasteiger partial charge is 0.137 e. The Hall–Kier alpha value is -4.50. The van der Waals surface area contributed by atoms with Crippen LogP contribution in [0, 0.1) is 0 Å². The summed E-state index contributed by atoms with van der Waals surface area (Å²) < 4.78 is 2.20. The summed E-state index contributed by atoms with van der Waals surface area (Å²) in [6.07, 6.45) is 3.94. The lowest BCUT2D eigenvalue weighted by Crippen LogP contribution is -1.89. The molecule has 0 radical (unpaired) electrons. The highest BCUT2D eigenvalue weighted by atomic mass is 15.0. The van der Waals surface area contributed by atoms with Gasteiger partial charge in [-0.2, -0.15) is 0 Å². The van der Waals surface area contributed by atoms with Crippen LogP contribution in [-0.4, -0.2) is 14.4 Å². The molecular weight excluding hydrogens is 402 g/mol. The van der Waals surface area contributed by atoms with E-state index in [4.69, 9.17) is 4.98 Å². The first kappa shape index (κ1) is 18.1. The van der Waals surface area contributed by atoms with Crippen LogP contribution < -0.4 is 0 Å². The van der Waals surface area contributed by atoms with Crippen molar-refractivity contribution >= 4 is 38.2 Å². The van der Waals surface area contributed by atoms with Crippen molar-refractivity contribution in [2.24, 2.45) is 0 Å². The summed E-state index contributed by atoms with van der Waals surface area (Å²) in [6, 6.07) is 36.2. The number of aromatic nitrogens is 3. The van der Waals surface area contributed by atoms with E-state index in [1.165, 1.54) is 27.3 Å². The van der Waals surface area contributed by atoms with E-state index in [-0.39, 0.29) is 0 Å². The zero-order valence-corrected chi connectivity index (χ0v) is 17.8. The summed E-state index contributed by atoms with van der Waals surface area (Å²) >= 11 is 0. The molecule has 0 aliphatic heterocycles. The second kappa shape index (κ2) is 7.01. The number of nitrogens with zero attached hydrogens (tertiary/aromatic N) is 3. The maximum Gasteiger partial charge on any atom is 0.137 e. The molecule has 3 nitrogen and oxygen atoms in total. The summed E-state index contributed by atoms with van der Waals surface area (Å²) in [5.41, 5.74) is 7.65. The third-order valence-electron chi connectivity index (χ3n) is 6.44. The Morgan fingerprint density at radius 2 is 1.30 bits per heavy atom. The number of rotatable bonds is 2. The fourth-order valence-corrected chi connectivity index (χ4v) is 4.89. The van der Waals surface area contributed by atoms with Gasteiger partial charge in [0, 0.05) is 28.7 Å². The Morgan fingerprint density at radius 3 is 2.18 bits per heavy atom. The van der Waals surface area contributed by atoms with Crippen molar-refractivity contribution in [1.29, 1.82) is 0 Å². The van der Waals surface area contributed by atoms with Gasteiger partial charge in [0.15, 0.2) is 0 Å². The van der Waals surface area contributed by atoms with Crippen molar-refractivity contribution < 1.29 is 0 Å². The lowest BCUT2D eigenvalue weighted by Gasteiger charge is -2.11. The molecule has 7 rings (SSSR count). The minimum Gasteiger partial charge on any atom is -0.299 e. The van der Waals surface area contributed by atoms with Crippen molar-refractivity contribution in [3.63, 3.8) is 0 Å². The lowest BCUT2D eigenvalue weighted by atomic mass is 9.94. The van der Waals surface area contributed by atoms with E-state index in [0.29, 0.717) is 0 Å². The van der Waals surface area contributed by atoms with Gasteiger partial charge in [0.05, 0.1) is 16.7 Å². The number of benzene rings is 4. The Bertz CT molecular complexity index is 1800. The number of pyridine rings is 2. The van der Waals surface area contributed by atoms with Gasteiger partial charge in [0.1, 0.15) is 5.65 Å². The molecule has 33 heavy (non-hydrogen) atoms. The highest BCUT2D eigenvalue weighted by Gasteiger charge is 2.16. The molecule has 0 spiro atoms. The third kappa shape index (κ3) is 2.76. The van der Waals surface area contributed by atoms with Gasteiger partial charge in [-0.05, 0) is 58.3 Å². The Labute approximate surface area is 190 Å². The Morgan fingerprint density at radius 1 is 0.545 bits per heavy atom. The van der Waals surface area contributed by atoms with Crippen LogP contribution in [0.2, 0.25) is 0 Å². The highest BCUT2D eigenvalue weighted by molar-refractivity contribution is 6.25. The molecule has 3 aromatic heterocycles. The van der Waals surface area contributed by atoms with Crippen LogP contribution in [0.3, 0.4) is 0 Å². The summed E-state index contributed by atoms with van der Waals surface area (Å²) in [7, 11) is 0. The molecule has 0 unspecified atom stereocenters. The summed E-state index contributed by atoms with van der Waals surface area (Å²) in [4.78, 5) is 9.60. The minimum absolute atomic E-state index is 0.960. The predicted octanol–water partition coefficient (Wildman–Crippen LogP) is 7.52. The third-order valence-corrected chi connectivity index (χ3v) is 6.44. The van der Waals surface area contributed by atoms with Crippen molar-refractivity contribution in [3.8, 4) is 22.4 Å². The average Bonchev–Trinajstić information content (AvgIpc) is 3.29. The fourth-order valence-electron chi connectivity index (χ4n) is 4.89. The molecule has 3 heteroatoms. The number of hydrogen-bond acceptors (Lipinski definition) is 2. The number of imidazole rings is 1. The molecule has 0 saturated carbocycles. The minimum atomic E-state index is 0.960. The molecule has 3 heterocycles. The van der Waals surface area contributed by atoms with Gasteiger partial charge in [-0.3, -0.25) is 9.38 Å². The molecule has 154 valence electrons. The maximum absolute atomic E-state index is 5.02. The van der Waals surface area contributed by atoms with E-state index in [0.717, 1.165) is 33.3 Å². The zero-order chi connectivity index (χ0) is 21.8. The van der Waals surface area contributed by atoms with Gasteiger partial charge >= 0.3 is 0 Å². The van der Waals surface area contributed by atoms with Crippen LogP contribution in [0.15, 0.2) is 116 Å². The van der Waals surface area contributed by atoms with Crippen LogP contribution in [0.4, 0.5) is 0 Å². The second-order valence-corrected chi connectivity index (χ2v) is 8.34. The Balaban J connectivity index is 1.65. The quantitative estimate of drug-likeness (QED) is 0.270. The maximum atomic E-state index is 5.02. The molecular formula is C30H19N3. The van der Waals surface area contributed by atoms with Crippen molar-refractivity contribution in [2.45, 2.75) is 0 Å². The monoisotopic (exact) mass is 421 g/mol. The van der Waals surface area contributed by atoms with Crippen LogP contribution in [0.5, 0.6) is 0 Å². The van der Waals surface area contributed by atoms with E-state index in [9.17, 15) is 0 Å². The molecule has 4 aromatic carbocycles. The van der Waals surface area contributed by atoms with E-state index < -0.39 is 0 Å².